The standard InChI is InChI=1S/C20H13FN2O4/c1-26-20(25)16-17(24)18-15(14(22-16)11-7-9-13(21)10-8-11)23-19(27-18)12-5-3-2-4-6-12/h2-10,24H,1H3. The maximum atomic E-state index is 13.3. The summed E-state index contributed by atoms with van der Waals surface area (Å²) in [6.07, 6.45) is 0. The molecule has 0 bridgehead atoms. The first-order valence-electron chi connectivity index (χ1n) is 8.01. The fourth-order valence-electron chi connectivity index (χ4n) is 2.72. The Morgan fingerprint density at radius 3 is 2.41 bits per heavy atom. The fraction of sp³-hybridized carbons (Fsp3) is 0.0500. The molecule has 0 unspecified atom stereocenters. The highest BCUT2D eigenvalue weighted by molar-refractivity contribution is 6.01. The van der Waals surface area contributed by atoms with Gasteiger partial charge in [0.25, 0.3) is 0 Å². The fourth-order valence-corrected chi connectivity index (χ4v) is 2.72. The molecule has 6 nitrogen and oxygen atoms in total. The number of ether oxygens (including phenoxy) is 1. The molecule has 4 aromatic rings. The van der Waals surface area contributed by atoms with Crippen molar-refractivity contribution in [2.24, 2.45) is 0 Å². The molecular formula is C20H13FN2O4. The lowest BCUT2D eigenvalue weighted by Crippen LogP contribution is -2.06. The van der Waals surface area contributed by atoms with Gasteiger partial charge in [-0.1, -0.05) is 18.2 Å². The van der Waals surface area contributed by atoms with E-state index in [9.17, 15) is 14.3 Å². The van der Waals surface area contributed by atoms with Gasteiger partial charge in [0.2, 0.25) is 11.5 Å². The molecule has 27 heavy (non-hydrogen) atoms. The number of hydrogen-bond acceptors (Lipinski definition) is 6. The van der Waals surface area contributed by atoms with E-state index >= 15 is 0 Å². The van der Waals surface area contributed by atoms with Gasteiger partial charge in [0, 0.05) is 11.1 Å². The number of aromatic nitrogens is 2. The van der Waals surface area contributed by atoms with Crippen LogP contribution in [0.2, 0.25) is 0 Å². The summed E-state index contributed by atoms with van der Waals surface area (Å²) in [4.78, 5) is 20.7. The topological polar surface area (TPSA) is 85.5 Å². The number of fused-ring (bicyclic) bond motifs is 1. The largest absolute Gasteiger partial charge is 0.503 e. The van der Waals surface area contributed by atoms with Crippen molar-refractivity contribution in [2.45, 2.75) is 0 Å². The molecule has 4 rings (SSSR count). The molecule has 0 atom stereocenters. The summed E-state index contributed by atoms with van der Waals surface area (Å²) in [5, 5.41) is 10.5. The second-order valence-electron chi connectivity index (χ2n) is 5.72. The first kappa shape index (κ1) is 16.7. The van der Waals surface area contributed by atoms with Gasteiger partial charge in [0.05, 0.1) is 7.11 Å². The van der Waals surface area contributed by atoms with Gasteiger partial charge in [-0.15, -0.1) is 0 Å². The van der Waals surface area contributed by atoms with Crippen molar-refractivity contribution < 1.29 is 23.4 Å². The van der Waals surface area contributed by atoms with Gasteiger partial charge in [-0.25, -0.2) is 19.2 Å². The van der Waals surface area contributed by atoms with E-state index in [0.29, 0.717) is 11.1 Å². The van der Waals surface area contributed by atoms with Crippen LogP contribution in [-0.4, -0.2) is 28.2 Å². The van der Waals surface area contributed by atoms with Crippen molar-refractivity contribution in [3.05, 3.63) is 66.1 Å². The van der Waals surface area contributed by atoms with Gasteiger partial charge in [-0.3, -0.25) is 0 Å². The number of esters is 1. The highest BCUT2D eigenvalue weighted by atomic mass is 19.1. The van der Waals surface area contributed by atoms with Crippen LogP contribution in [-0.2, 0) is 4.74 Å². The molecule has 2 aromatic carbocycles. The predicted molar refractivity (Wildman–Crippen MR) is 95.6 cm³/mol. The van der Waals surface area contributed by atoms with Gasteiger partial charge in [0.1, 0.15) is 17.0 Å². The molecule has 2 heterocycles. The van der Waals surface area contributed by atoms with Crippen LogP contribution < -0.4 is 0 Å². The number of halogens is 1. The molecule has 0 aliphatic carbocycles. The molecule has 0 saturated heterocycles. The third-order valence-electron chi connectivity index (χ3n) is 4.03. The number of benzene rings is 2. The minimum atomic E-state index is -0.824. The Morgan fingerprint density at radius 2 is 1.74 bits per heavy atom. The number of aromatic hydroxyl groups is 1. The molecule has 0 radical (unpaired) electrons. The van der Waals surface area contributed by atoms with E-state index in [1.54, 1.807) is 12.1 Å². The Bertz CT molecular complexity index is 1140. The highest BCUT2D eigenvalue weighted by Gasteiger charge is 2.25. The average molecular weight is 364 g/mol. The predicted octanol–water partition coefficient (Wildman–Crippen LogP) is 4.19. The molecule has 0 fully saturated rings. The molecule has 1 N–H and O–H groups in total. The first-order valence-corrected chi connectivity index (χ1v) is 8.01. The van der Waals surface area contributed by atoms with E-state index in [1.165, 1.54) is 31.4 Å². The van der Waals surface area contributed by atoms with E-state index in [4.69, 9.17) is 4.42 Å². The Morgan fingerprint density at radius 1 is 1.04 bits per heavy atom. The second-order valence-corrected chi connectivity index (χ2v) is 5.72. The third-order valence-corrected chi connectivity index (χ3v) is 4.03. The molecule has 2 aromatic heterocycles. The van der Waals surface area contributed by atoms with E-state index in [2.05, 4.69) is 14.7 Å². The minimum absolute atomic E-state index is 0.00331. The van der Waals surface area contributed by atoms with Crippen LogP contribution in [0.5, 0.6) is 5.75 Å². The van der Waals surface area contributed by atoms with Crippen LogP contribution in [0, 0.1) is 5.82 Å². The van der Waals surface area contributed by atoms with E-state index in [1.807, 2.05) is 18.2 Å². The summed E-state index contributed by atoms with van der Waals surface area (Å²) in [6, 6.07) is 14.6. The molecule has 0 aliphatic rings. The molecule has 0 amide bonds. The van der Waals surface area contributed by atoms with Crippen LogP contribution in [0.4, 0.5) is 4.39 Å². The number of hydrogen-bond donors (Lipinski definition) is 1. The lowest BCUT2D eigenvalue weighted by Gasteiger charge is -2.06. The maximum Gasteiger partial charge on any atom is 0.360 e. The highest BCUT2D eigenvalue weighted by Crippen LogP contribution is 2.37. The van der Waals surface area contributed by atoms with Gasteiger partial charge in [0.15, 0.2) is 11.4 Å². The van der Waals surface area contributed by atoms with E-state index in [0.717, 1.165) is 0 Å². The number of oxazole rings is 1. The molecule has 7 heteroatoms. The molecule has 0 spiro atoms. The summed E-state index contributed by atoms with van der Waals surface area (Å²) >= 11 is 0. The zero-order chi connectivity index (χ0) is 19.0. The maximum absolute atomic E-state index is 13.3. The van der Waals surface area contributed by atoms with Gasteiger partial charge in [-0.2, -0.15) is 0 Å². The summed E-state index contributed by atoms with van der Waals surface area (Å²) in [5.41, 5.74) is 1.43. The summed E-state index contributed by atoms with van der Waals surface area (Å²) in [7, 11) is 1.18. The average Bonchev–Trinajstić information content (AvgIpc) is 3.15. The molecule has 134 valence electrons. The number of carbonyl (C=O) groups excluding carboxylic acids is 1. The Labute approximate surface area is 152 Å². The normalized spacial score (nSPS) is 10.9. The smallest absolute Gasteiger partial charge is 0.360 e. The molecule has 0 saturated carbocycles. The van der Waals surface area contributed by atoms with Crippen LogP contribution >= 0.6 is 0 Å². The first-order chi connectivity index (χ1) is 13.1. The van der Waals surface area contributed by atoms with Crippen LogP contribution in [0.15, 0.2) is 59.0 Å². The van der Waals surface area contributed by atoms with Crippen molar-refractivity contribution in [1.29, 1.82) is 0 Å². The SMILES string of the molecule is COC(=O)c1nc(-c2ccc(F)cc2)c2nc(-c3ccccc3)oc2c1O. The summed E-state index contributed by atoms with van der Waals surface area (Å²) in [5.74, 6) is -1.44. The molecular weight excluding hydrogens is 351 g/mol. The van der Waals surface area contributed by atoms with E-state index < -0.39 is 17.5 Å². The van der Waals surface area contributed by atoms with Crippen LogP contribution in [0.25, 0.3) is 33.8 Å². The zero-order valence-corrected chi connectivity index (χ0v) is 14.1. The zero-order valence-electron chi connectivity index (χ0n) is 14.1. The van der Waals surface area contributed by atoms with Crippen molar-refractivity contribution in [3.8, 4) is 28.5 Å². The van der Waals surface area contributed by atoms with Crippen molar-refractivity contribution in [1.82, 2.24) is 9.97 Å². The monoisotopic (exact) mass is 364 g/mol. The lowest BCUT2D eigenvalue weighted by molar-refractivity contribution is 0.0590. The number of pyridine rings is 1. The van der Waals surface area contributed by atoms with Gasteiger partial charge < -0.3 is 14.3 Å². The Balaban J connectivity index is 2.02. The van der Waals surface area contributed by atoms with Crippen molar-refractivity contribution in [2.75, 3.05) is 7.11 Å². The lowest BCUT2D eigenvalue weighted by atomic mass is 10.1. The molecule has 0 aliphatic heterocycles. The van der Waals surface area contributed by atoms with Gasteiger partial charge >= 0.3 is 5.97 Å². The second kappa shape index (κ2) is 6.53. The number of nitrogens with zero attached hydrogens (tertiary/aromatic N) is 2. The Hall–Kier alpha value is -3.74. The number of methoxy groups -OCH3 is 1. The van der Waals surface area contributed by atoms with Crippen molar-refractivity contribution >= 4 is 17.1 Å². The quantitative estimate of drug-likeness (QED) is 0.549. The number of rotatable bonds is 3. The summed E-state index contributed by atoms with van der Waals surface area (Å²) < 4.78 is 23.7. The van der Waals surface area contributed by atoms with Crippen LogP contribution in [0.1, 0.15) is 10.5 Å². The number of carbonyl (C=O) groups is 1. The summed E-state index contributed by atoms with van der Waals surface area (Å²) in [6.45, 7) is 0. The minimum Gasteiger partial charge on any atom is -0.503 e. The Kier molecular flexibility index (Phi) is 4.04. The van der Waals surface area contributed by atoms with Crippen LogP contribution in [0.3, 0.4) is 0 Å². The van der Waals surface area contributed by atoms with Crippen molar-refractivity contribution in [3.63, 3.8) is 0 Å². The van der Waals surface area contributed by atoms with Gasteiger partial charge in [-0.05, 0) is 36.4 Å². The third kappa shape index (κ3) is 2.89. The van der Waals surface area contributed by atoms with E-state index in [-0.39, 0.29) is 28.4 Å².